The molecule has 0 spiro atoms. The van der Waals surface area contributed by atoms with Crippen LogP contribution in [-0.2, 0) is 13.5 Å². The first-order chi connectivity index (χ1) is 9.56. The van der Waals surface area contributed by atoms with E-state index in [0.29, 0.717) is 12.6 Å². The number of hydrogen-bond acceptors (Lipinski definition) is 4. The maximum Gasteiger partial charge on any atom is 0.0670 e. The minimum Gasteiger partial charge on any atom is -0.329 e. The van der Waals surface area contributed by atoms with E-state index in [0.717, 1.165) is 6.42 Å². The van der Waals surface area contributed by atoms with Crippen molar-refractivity contribution in [2.24, 2.45) is 12.8 Å². The van der Waals surface area contributed by atoms with Crippen molar-refractivity contribution in [1.29, 1.82) is 0 Å². The summed E-state index contributed by atoms with van der Waals surface area (Å²) in [6.45, 7) is 5.18. The molecule has 1 aliphatic rings. The molecule has 1 atom stereocenters. The molecule has 0 radical (unpaired) electrons. The summed E-state index contributed by atoms with van der Waals surface area (Å²) in [6, 6.07) is 0.914. The first kappa shape index (κ1) is 15.5. The van der Waals surface area contributed by atoms with E-state index in [4.69, 9.17) is 5.73 Å². The molecule has 2 rings (SSSR count). The van der Waals surface area contributed by atoms with Crippen LogP contribution in [0.3, 0.4) is 0 Å². The summed E-state index contributed by atoms with van der Waals surface area (Å²) in [6.07, 6.45) is 5.56. The molecule has 5 heteroatoms. The summed E-state index contributed by atoms with van der Waals surface area (Å²) in [7, 11) is 6.42. The molecule has 2 heterocycles. The van der Waals surface area contributed by atoms with Gasteiger partial charge in [0.1, 0.15) is 0 Å². The van der Waals surface area contributed by atoms with Gasteiger partial charge in [0.05, 0.1) is 11.7 Å². The molecule has 2 N–H and O–H groups in total. The quantitative estimate of drug-likeness (QED) is 0.874. The molecule has 0 bridgehead atoms. The van der Waals surface area contributed by atoms with Crippen molar-refractivity contribution in [2.45, 2.75) is 38.3 Å². The SMILES string of the molecule is CCc1nn(C)cc1C(CN)N(C)C1CCN(C)CC1. The Hall–Kier alpha value is -0.910. The largest absolute Gasteiger partial charge is 0.329 e. The first-order valence-corrected chi connectivity index (χ1v) is 7.69. The monoisotopic (exact) mass is 279 g/mol. The third kappa shape index (κ3) is 3.22. The summed E-state index contributed by atoms with van der Waals surface area (Å²) in [5.74, 6) is 0. The van der Waals surface area contributed by atoms with Gasteiger partial charge in [0.2, 0.25) is 0 Å². The summed E-state index contributed by atoms with van der Waals surface area (Å²) in [5, 5.41) is 4.56. The van der Waals surface area contributed by atoms with Crippen LogP contribution in [-0.4, -0.2) is 59.4 Å². The summed E-state index contributed by atoms with van der Waals surface area (Å²) >= 11 is 0. The molecule has 20 heavy (non-hydrogen) atoms. The van der Waals surface area contributed by atoms with Gasteiger partial charge in [-0.1, -0.05) is 6.92 Å². The zero-order valence-corrected chi connectivity index (χ0v) is 13.3. The molecular formula is C15H29N5. The highest BCUT2D eigenvalue weighted by atomic mass is 15.3. The predicted molar refractivity (Wildman–Crippen MR) is 82.7 cm³/mol. The molecule has 1 saturated heterocycles. The lowest BCUT2D eigenvalue weighted by Gasteiger charge is -2.39. The number of aromatic nitrogens is 2. The molecule has 1 fully saturated rings. The van der Waals surface area contributed by atoms with Crippen LogP contribution in [0.4, 0.5) is 0 Å². The maximum absolute atomic E-state index is 6.08. The van der Waals surface area contributed by atoms with Crippen LogP contribution < -0.4 is 5.73 Å². The fourth-order valence-electron chi connectivity index (χ4n) is 3.28. The van der Waals surface area contributed by atoms with Gasteiger partial charge in [-0.05, 0) is 46.4 Å². The number of likely N-dealkylation sites (N-methyl/N-ethyl adjacent to an activating group) is 1. The lowest BCUT2D eigenvalue weighted by atomic mass is 9.98. The van der Waals surface area contributed by atoms with Crippen LogP contribution in [0.25, 0.3) is 0 Å². The van der Waals surface area contributed by atoms with E-state index in [9.17, 15) is 0 Å². The summed E-state index contributed by atoms with van der Waals surface area (Å²) in [5.41, 5.74) is 8.57. The molecule has 1 unspecified atom stereocenters. The number of hydrogen-bond donors (Lipinski definition) is 1. The van der Waals surface area contributed by atoms with E-state index in [1.807, 2.05) is 11.7 Å². The van der Waals surface area contributed by atoms with Crippen molar-refractivity contribution in [1.82, 2.24) is 19.6 Å². The minimum atomic E-state index is 0.284. The molecule has 0 amide bonds. The number of nitrogens with two attached hydrogens (primary N) is 1. The van der Waals surface area contributed by atoms with Gasteiger partial charge in [0.25, 0.3) is 0 Å². The second-order valence-corrected chi connectivity index (χ2v) is 6.01. The molecule has 0 aromatic carbocycles. The van der Waals surface area contributed by atoms with E-state index in [1.54, 1.807) is 0 Å². The fraction of sp³-hybridized carbons (Fsp3) is 0.800. The van der Waals surface area contributed by atoms with E-state index < -0.39 is 0 Å². The lowest BCUT2D eigenvalue weighted by Crippen LogP contribution is -2.45. The normalized spacial score (nSPS) is 19.7. The van der Waals surface area contributed by atoms with Crippen LogP contribution in [0, 0.1) is 0 Å². The van der Waals surface area contributed by atoms with Gasteiger partial charge in [-0.15, -0.1) is 0 Å². The Balaban J connectivity index is 2.14. The van der Waals surface area contributed by atoms with E-state index in [2.05, 4.69) is 42.1 Å². The average molecular weight is 279 g/mol. The molecule has 1 aromatic rings. The third-order valence-corrected chi connectivity index (χ3v) is 4.61. The number of aryl methyl sites for hydroxylation is 2. The van der Waals surface area contributed by atoms with Crippen molar-refractivity contribution in [3.8, 4) is 0 Å². The Labute approximate surface area is 122 Å². The lowest BCUT2D eigenvalue weighted by molar-refractivity contribution is 0.109. The summed E-state index contributed by atoms with van der Waals surface area (Å²) < 4.78 is 1.92. The molecule has 0 saturated carbocycles. The van der Waals surface area contributed by atoms with Gasteiger partial charge < -0.3 is 10.6 Å². The molecular weight excluding hydrogens is 250 g/mol. The van der Waals surface area contributed by atoms with Crippen LogP contribution in [0.2, 0.25) is 0 Å². The summed E-state index contributed by atoms with van der Waals surface area (Å²) in [4.78, 5) is 4.88. The highest BCUT2D eigenvalue weighted by molar-refractivity contribution is 5.22. The van der Waals surface area contributed by atoms with Gasteiger partial charge >= 0.3 is 0 Å². The molecule has 114 valence electrons. The second kappa shape index (κ2) is 6.70. The highest BCUT2D eigenvalue weighted by Gasteiger charge is 2.28. The Bertz CT molecular complexity index is 420. The Kier molecular flexibility index (Phi) is 5.18. The number of rotatable bonds is 5. The van der Waals surface area contributed by atoms with Gasteiger partial charge in [0.15, 0.2) is 0 Å². The van der Waals surface area contributed by atoms with Crippen LogP contribution >= 0.6 is 0 Å². The Morgan fingerprint density at radius 2 is 2.05 bits per heavy atom. The third-order valence-electron chi connectivity index (χ3n) is 4.61. The van der Waals surface area contributed by atoms with E-state index in [1.165, 1.54) is 37.2 Å². The average Bonchev–Trinajstić information content (AvgIpc) is 2.81. The van der Waals surface area contributed by atoms with Crippen LogP contribution in [0.5, 0.6) is 0 Å². The minimum absolute atomic E-state index is 0.284. The zero-order valence-electron chi connectivity index (χ0n) is 13.3. The van der Waals surface area contributed by atoms with Gasteiger partial charge in [0, 0.05) is 31.4 Å². The van der Waals surface area contributed by atoms with E-state index in [-0.39, 0.29) is 6.04 Å². The Morgan fingerprint density at radius 1 is 1.40 bits per heavy atom. The maximum atomic E-state index is 6.08. The number of nitrogens with zero attached hydrogens (tertiary/aromatic N) is 4. The van der Waals surface area contributed by atoms with Crippen molar-refractivity contribution in [3.05, 3.63) is 17.5 Å². The molecule has 5 nitrogen and oxygen atoms in total. The van der Waals surface area contributed by atoms with Crippen molar-refractivity contribution in [3.63, 3.8) is 0 Å². The van der Waals surface area contributed by atoms with Crippen molar-refractivity contribution < 1.29 is 0 Å². The smallest absolute Gasteiger partial charge is 0.0670 e. The van der Waals surface area contributed by atoms with Crippen molar-refractivity contribution in [2.75, 3.05) is 33.7 Å². The number of likely N-dealkylation sites (tertiary alicyclic amines) is 1. The zero-order chi connectivity index (χ0) is 14.7. The molecule has 1 aromatic heterocycles. The van der Waals surface area contributed by atoms with Gasteiger partial charge in [-0.2, -0.15) is 5.10 Å². The molecule has 1 aliphatic heterocycles. The van der Waals surface area contributed by atoms with Crippen LogP contribution in [0.1, 0.15) is 37.1 Å². The topological polar surface area (TPSA) is 50.3 Å². The Morgan fingerprint density at radius 3 is 2.60 bits per heavy atom. The standard InChI is InChI=1S/C15H29N5/c1-5-14-13(11-19(3)17-14)15(10-16)20(4)12-6-8-18(2)9-7-12/h11-12,15H,5-10,16H2,1-4H3. The molecule has 0 aliphatic carbocycles. The van der Waals surface area contributed by atoms with Crippen molar-refractivity contribution >= 4 is 0 Å². The van der Waals surface area contributed by atoms with E-state index >= 15 is 0 Å². The van der Waals surface area contributed by atoms with Gasteiger partial charge in [-0.25, -0.2) is 0 Å². The van der Waals surface area contributed by atoms with Crippen LogP contribution in [0.15, 0.2) is 6.20 Å². The van der Waals surface area contributed by atoms with Gasteiger partial charge in [-0.3, -0.25) is 9.58 Å². The number of piperidine rings is 1. The first-order valence-electron chi connectivity index (χ1n) is 7.69. The second-order valence-electron chi connectivity index (χ2n) is 6.01. The fourth-order valence-corrected chi connectivity index (χ4v) is 3.28. The highest BCUT2D eigenvalue weighted by Crippen LogP contribution is 2.27. The predicted octanol–water partition coefficient (Wildman–Crippen LogP) is 1.01.